The van der Waals surface area contributed by atoms with Gasteiger partial charge in [-0.05, 0) is 19.8 Å². The molecule has 12 nitrogen and oxygen atoms in total. The third kappa shape index (κ3) is 3.43. The van der Waals surface area contributed by atoms with E-state index >= 15 is 0 Å². The van der Waals surface area contributed by atoms with Gasteiger partial charge < -0.3 is 26.3 Å². The van der Waals surface area contributed by atoms with E-state index in [0.717, 1.165) is 24.2 Å². The van der Waals surface area contributed by atoms with Crippen LogP contribution in [0.2, 0.25) is 0 Å². The number of hydrogen-bond donors (Lipinski definition) is 4. The lowest BCUT2D eigenvalue weighted by Crippen LogP contribution is -2.29. The van der Waals surface area contributed by atoms with Crippen molar-refractivity contribution in [3.05, 3.63) is 41.4 Å². The van der Waals surface area contributed by atoms with Crippen LogP contribution in [0, 0.1) is 0 Å². The van der Waals surface area contributed by atoms with Gasteiger partial charge in [0.05, 0.1) is 12.2 Å². The standard InChI is InChI=1S/C20H22N10O2/c1-9(26-18(31)14-10(6-21)15(22)25-8-24-14)13-5-11(30-32-13)16-27-12-7-23-19(20(2)3-4-20)29-17(12)28-16/h5,7-9H,3-4,6,21H2,1-2H3,(H,26,31)(H2,22,24,25)(H,23,27,28,29)/t9-/m1/s1. The van der Waals surface area contributed by atoms with Gasteiger partial charge in [0.1, 0.15) is 34.9 Å². The molecule has 0 spiro atoms. The van der Waals surface area contributed by atoms with Crippen LogP contribution in [0.1, 0.15) is 60.4 Å². The maximum atomic E-state index is 12.7. The number of nitrogen functional groups attached to an aromatic ring is 1. The van der Waals surface area contributed by atoms with Gasteiger partial charge in [0.25, 0.3) is 5.91 Å². The SMILES string of the molecule is C[C@@H](NC(=O)c1ncnc(N)c1CN)c1cc(-c2nc3nc(C4(C)CC4)ncc3[nH]2)no1. The van der Waals surface area contributed by atoms with Crippen molar-refractivity contribution in [1.29, 1.82) is 0 Å². The number of nitrogens with two attached hydrogens (primary N) is 2. The molecule has 12 heteroatoms. The van der Waals surface area contributed by atoms with Crippen molar-refractivity contribution in [2.45, 2.75) is 44.7 Å². The molecule has 4 heterocycles. The van der Waals surface area contributed by atoms with Crippen LogP contribution in [-0.2, 0) is 12.0 Å². The number of anilines is 1. The normalized spacial score (nSPS) is 15.6. The summed E-state index contributed by atoms with van der Waals surface area (Å²) >= 11 is 0. The smallest absolute Gasteiger partial charge is 0.271 e. The van der Waals surface area contributed by atoms with Gasteiger partial charge in [0, 0.05) is 23.6 Å². The molecule has 1 aliphatic carbocycles. The molecule has 32 heavy (non-hydrogen) atoms. The van der Waals surface area contributed by atoms with E-state index in [9.17, 15) is 4.79 Å². The lowest BCUT2D eigenvalue weighted by atomic mass is 10.1. The molecule has 1 aliphatic rings. The van der Waals surface area contributed by atoms with E-state index in [1.807, 2.05) is 0 Å². The third-order valence-electron chi connectivity index (χ3n) is 5.72. The molecule has 0 aliphatic heterocycles. The van der Waals surface area contributed by atoms with E-state index in [2.05, 4.69) is 47.3 Å². The highest BCUT2D eigenvalue weighted by Gasteiger charge is 2.42. The van der Waals surface area contributed by atoms with Gasteiger partial charge in [-0.25, -0.2) is 24.9 Å². The number of carbonyl (C=O) groups excluding carboxylic acids is 1. The molecule has 164 valence electrons. The van der Waals surface area contributed by atoms with Crippen LogP contribution >= 0.6 is 0 Å². The van der Waals surface area contributed by atoms with Crippen molar-refractivity contribution < 1.29 is 9.32 Å². The molecule has 1 saturated carbocycles. The minimum atomic E-state index is -0.490. The summed E-state index contributed by atoms with van der Waals surface area (Å²) in [5.41, 5.74) is 13.8. The fourth-order valence-corrected chi connectivity index (χ4v) is 3.39. The number of nitrogens with one attached hydrogen (secondary N) is 2. The first-order valence-electron chi connectivity index (χ1n) is 10.2. The second-order valence-electron chi connectivity index (χ2n) is 8.18. The van der Waals surface area contributed by atoms with E-state index in [4.69, 9.17) is 16.0 Å². The van der Waals surface area contributed by atoms with Gasteiger partial charge in [-0.1, -0.05) is 12.1 Å². The Bertz CT molecular complexity index is 1320. The largest absolute Gasteiger partial charge is 0.383 e. The minimum absolute atomic E-state index is 0.0477. The van der Waals surface area contributed by atoms with Crippen LogP contribution in [0.4, 0.5) is 5.82 Å². The van der Waals surface area contributed by atoms with Crippen LogP contribution < -0.4 is 16.8 Å². The summed E-state index contributed by atoms with van der Waals surface area (Å²) in [6.45, 7) is 3.96. The summed E-state index contributed by atoms with van der Waals surface area (Å²) in [6.07, 6.45) is 5.13. The van der Waals surface area contributed by atoms with Crippen molar-refractivity contribution in [2.75, 3.05) is 5.73 Å². The van der Waals surface area contributed by atoms with Gasteiger partial charge in [0.2, 0.25) is 0 Å². The van der Waals surface area contributed by atoms with Crippen molar-refractivity contribution in [3.63, 3.8) is 0 Å². The number of rotatable bonds is 6. The highest BCUT2D eigenvalue weighted by Crippen LogP contribution is 2.45. The van der Waals surface area contributed by atoms with E-state index < -0.39 is 11.9 Å². The maximum Gasteiger partial charge on any atom is 0.271 e. The first-order chi connectivity index (χ1) is 15.4. The van der Waals surface area contributed by atoms with Gasteiger partial charge in [-0.3, -0.25) is 4.79 Å². The zero-order chi connectivity index (χ0) is 22.5. The van der Waals surface area contributed by atoms with Gasteiger partial charge in [-0.15, -0.1) is 0 Å². The summed E-state index contributed by atoms with van der Waals surface area (Å²) < 4.78 is 5.44. The quantitative estimate of drug-likeness (QED) is 0.345. The Hall–Kier alpha value is -3.93. The first kappa shape index (κ1) is 20.0. The summed E-state index contributed by atoms with van der Waals surface area (Å²) in [5.74, 6) is 1.50. The van der Waals surface area contributed by atoms with Crippen molar-refractivity contribution in [3.8, 4) is 11.5 Å². The fourth-order valence-electron chi connectivity index (χ4n) is 3.39. The van der Waals surface area contributed by atoms with Crippen molar-refractivity contribution in [2.24, 2.45) is 5.73 Å². The molecule has 1 fully saturated rings. The first-order valence-corrected chi connectivity index (χ1v) is 10.2. The average molecular weight is 434 g/mol. The minimum Gasteiger partial charge on any atom is -0.383 e. The Morgan fingerprint density at radius 2 is 2.12 bits per heavy atom. The maximum absolute atomic E-state index is 12.7. The summed E-state index contributed by atoms with van der Waals surface area (Å²) in [7, 11) is 0. The molecule has 4 aromatic rings. The number of imidazole rings is 1. The number of aromatic nitrogens is 7. The zero-order valence-electron chi connectivity index (χ0n) is 17.6. The zero-order valence-corrected chi connectivity index (χ0v) is 17.6. The lowest BCUT2D eigenvalue weighted by Gasteiger charge is -2.12. The number of amides is 1. The molecule has 0 radical (unpaired) electrons. The van der Waals surface area contributed by atoms with E-state index in [1.54, 1.807) is 19.2 Å². The fraction of sp³-hybridized carbons (Fsp3) is 0.350. The van der Waals surface area contributed by atoms with Gasteiger partial charge >= 0.3 is 0 Å². The highest BCUT2D eigenvalue weighted by atomic mass is 16.5. The van der Waals surface area contributed by atoms with E-state index in [-0.39, 0.29) is 23.5 Å². The summed E-state index contributed by atoms with van der Waals surface area (Å²) in [6, 6.07) is 1.22. The van der Waals surface area contributed by atoms with Crippen molar-refractivity contribution >= 4 is 22.9 Å². The Morgan fingerprint density at radius 1 is 1.31 bits per heavy atom. The van der Waals surface area contributed by atoms with Crippen LogP contribution in [-0.4, -0.2) is 41.0 Å². The Kier molecular flexibility index (Phi) is 4.59. The second-order valence-corrected chi connectivity index (χ2v) is 8.18. The number of H-pyrrole nitrogens is 1. The number of carbonyl (C=O) groups is 1. The van der Waals surface area contributed by atoms with Gasteiger partial charge in [-0.2, -0.15) is 0 Å². The van der Waals surface area contributed by atoms with Crippen LogP contribution in [0.3, 0.4) is 0 Å². The molecule has 1 amide bonds. The molecule has 6 N–H and O–H groups in total. The Labute approximate surface area is 182 Å². The molecular formula is C20H22N10O2. The molecule has 0 bridgehead atoms. The molecule has 1 atom stereocenters. The number of fused-ring (bicyclic) bond motifs is 1. The Morgan fingerprint density at radius 3 is 2.88 bits per heavy atom. The third-order valence-corrected chi connectivity index (χ3v) is 5.72. The molecule has 0 unspecified atom stereocenters. The topological polar surface area (TPSA) is 187 Å². The molecule has 4 aromatic heterocycles. The highest BCUT2D eigenvalue weighted by molar-refractivity contribution is 5.94. The van der Waals surface area contributed by atoms with Crippen LogP contribution in [0.25, 0.3) is 22.7 Å². The van der Waals surface area contributed by atoms with E-state index in [0.29, 0.717) is 28.5 Å². The van der Waals surface area contributed by atoms with E-state index in [1.165, 1.54) is 6.33 Å². The van der Waals surface area contributed by atoms with Crippen LogP contribution in [0.15, 0.2) is 23.1 Å². The summed E-state index contributed by atoms with van der Waals surface area (Å²) in [4.78, 5) is 37.3. The average Bonchev–Trinajstić information content (AvgIpc) is 3.18. The monoisotopic (exact) mass is 434 g/mol. The number of hydrogen-bond acceptors (Lipinski definition) is 10. The number of aromatic amines is 1. The molecule has 0 saturated heterocycles. The van der Waals surface area contributed by atoms with Crippen molar-refractivity contribution in [1.82, 2.24) is 40.4 Å². The predicted octanol–water partition coefficient (Wildman–Crippen LogP) is 1.38. The predicted molar refractivity (Wildman–Crippen MR) is 114 cm³/mol. The van der Waals surface area contributed by atoms with Gasteiger partial charge in [0.15, 0.2) is 17.2 Å². The second kappa shape index (κ2) is 7.34. The Balaban J connectivity index is 1.35. The molecule has 0 aromatic carbocycles. The summed E-state index contributed by atoms with van der Waals surface area (Å²) in [5, 5.41) is 6.89. The lowest BCUT2D eigenvalue weighted by molar-refractivity contribution is 0.0927. The molecular weight excluding hydrogens is 412 g/mol. The van der Waals surface area contributed by atoms with Crippen LogP contribution in [0.5, 0.6) is 0 Å². The molecule has 5 rings (SSSR count). The number of nitrogens with zero attached hydrogens (tertiary/aromatic N) is 6.